The summed E-state index contributed by atoms with van der Waals surface area (Å²) in [6, 6.07) is 16.4. The van der Waals surface area contributed by atoms with Crippen molar-refractivity contribution in [2.75, 3.05) is 0 Å². The van der Waals surface area contributed by atoms with Gasteiger partial charge in [-0.05, 0) is 17.7 Å². The summed E-state index contributed by atoms with van der Waals surface area (Å²) in [5.41, 5.74) is 4.36. The van der Waals surface area contributed by atoms with Crippen molar-refractivity contribution in [1.29, 1.82) is 0 Å². The number of imidazole rings is 1. The second-order valence-corrected chi connectivity index (χ2v) is 3.89. The van der Waals surface area contributed by atoms with E-state index in [1.807, 2.05) is 30.3 Å². The molecule has 3 aromatic rings. The first-order valence-corrected chi connectivity index (χ1v) is 5.55. The van der Waals surface area contributed by atoms with Crippen LogP contribution >= 0.6 is 0 Å². The van der Waals surface area contributed by atoms with Gasteiger partial charge in [0, 0.05) is 5.56 Å². The largest absolute Gasteiger partial charge is 0.338 e. The molecule has 1 N–H and O–H groups in total. The predicted molar refractivity (Wildman–Crippen MR) is 71.6 cm³/mol. The van der Waals surface area contributed by atoms with Crippen LogP contribution < -0.4 is 0 Å². The molecule has 3 rings (SSSR count). The van der Waals surface area contributed by atoms with Gasteiger partial charge in [0.1, 0.15) is 5.82 Å². The highest BCUT2D eigenvalue weighted by atomic mass is 14.9. The predicted octanol–water partition coefficient (Wildman–Crippen LogP) is 3.87. The SMILES string of the molecule is C=Cc1nc2c(-c3ccccc3)cccc2[nH]1. The molecule has 2 heteroatoms. The Hall–Kier alpha value is -2.35. The highest BCUT2D eigenvalue weighted by molar-refractivity contribution is 5.92. The molecule has 0 spiro atoms. The van der Waals surface area contributed by atoms with Crippen molar-refractivity contribution in [1.82, 2.24) is 9.97 Å². The molecule has 0 unspecified atom stereocenters. The van der Waals surface area contributed by atoms with E-state index in [-0.39, 0.29) is 0 Å². The Morgan fingerprint density at radius 2 is 1.82 bits per heavy atom. The molecule has 0 aliphatic carbocycles. The third kappa shape index (κ3) is 1.64. The van der Waals surface area contributed by atoms with Gasteiger partial charge in [-0.15, -0.1) is 0 Å². The number of hydrogen-bond acceptors (Lipinski definition) is 1. The van der Waals surface area contributed by atoms with E-state index in [1.54, 1.807) is 6.08 Å². The molecule has 17 heavy (non-hydrogen) atoms. The minimum atomic E-state index is 0.809. The summed E-state index contributed by atoms with van der Waals surface area (Å²) in [5, 5.41) is 0. The summed E-state index contributed by atoms with van der Waals surface area (Å²) in [7, 11) is 0. The van der Waals surface area contributed by atoms with Gasteiger partial charge in [-0.2, -0.15) is 0 Å². The van der Waals surface area contributed by atoms with Crippen LogP contribution in [-0.2, 0) is 0 Å². The van der Waals surface area contributed by atoms with Crippen LogP contribution in [0, 0.1) is 0 Å². The van der Waals surface area contributed by atoms with Crippen LogP contribution in [0.2, 0.25) is 0 Å². The third-order valence-corrected chi connectivity index (χ3v) is 2.81. The lowest BCUT2D eigenvalue weighted by molar-refractivity contribution is 1.29. The minimum Gasteiger partial charge on any atom is -0.338 e. The van der Waals surface area contributed by atoms with Gasteiger partial charge < -0.3 is 4.98 Å². The Morgan fingerprint density at radius 1 is 1.00 bits per heavy atom. The standard InChI is InChI=1S/C15H12N2/c1-2-14-16-13-10-6-9-12(15(13)17-14)11-7-4-3-5-8-11/h2-10H,1H2,(H,16,17). The van der Waals surface area contributed by atoms with Gasteiger partial charge in [0.25, 0.3) is 0 Å². The number of nitrogens with one attached hydrogen (secondary N) is 1. The molecule has 0 amide bonds. The van der Waals surface area contributed by atoms with Crippen molar-refractivity contribution < 1.29 is 0 Å². The average Bonchev–Trinajstić information content (AvgIpc) is 2.82. The molecule has 0 radical (unpaired) electrons. The van der Waals surface area contributed by atoms with E-state index in [4.69, 9.17) is 0 Å². The van der Waals surface area contributed by atoms with Gasteiger partial charge >= 0.3 is 0 Å². The molecular formula is C15H12N2. The van der Waals surface area contributed by atoms with Crippen LogP contribution in [0.4, 0.5) is 0 Å². The Labute approximate surface area is 99.6 Å². The van der Waals surface area contributed by atoms with E-state index < -0.39 is 0 Å². The molecule has 1 aromatic heterocycles. The number of aromatic nitrogens is 2. The first-order chi connectivity index (χ1) is 8.38. The number of aromatic amines is 1. The van der Waals surface area contributed by atoms with Crippen LogP contribution in [0.1, 0.15) is 5.82 Å². The normalized spacial score (nSPS) is 10.6. The molecule has 0 atom stereocenters. The first kappa shape index (κ1) is 9.85. The molecule has 82 valence electrons. The lowest BCUT2D eigenvalue weighted by atomic mass is 10.0. The second kappa shape index (κ2) is 3.91. The molecule has 0 saturated carbocycles. The third-order valence-electron chi connectivity index (χ3n) is 2.81. The van der Waals surface area contributed by atoms with E-state index >= 15 is 0 Å². The van der Waals surface area contributed by atoms with Gasteiger partial charge in [0.15, 0.2) is 0 Å². The van der Waals surface area contributed by atoms with Crippen LogP contribution in [0.25, 0.3) is 28.2 Å². The van der Waals surface area contributed by atoms with E-state index in [9.17, 15) is 0 Å². The number of nitrogens with zero attached hydrogens (tertiary/aromatic N) is 1. The molecule has 0 aliphatic heterocycles. The fourth-order valence-electron chi connectivity index (χ4n) is 2.00. The summed E-state index contributed by atoms with van der Waals surface area (Å²) in [6.45, 7) is 3.73. The maximum absolute atomic E-state index is 4.53. The maximum atomic E-state index is 4.53. The van der Waals surface area contributed by atoms with E-state index in [0.29, 0.717) is 0 Å². The fraction of sp³-hybridized carbons (Fsp3) is 0. The smallest absolute Gasteiger partial charge is 0.130 e. The Bertz CT molecular complexity index is 666. The fourth-order valence-corrected chi connectivity index (χ4v) is 2.00. The zero-order chi connectivity index (χ0) is 11.7. The number of H-pyrrole nitrogens is 1. The zero-order valence-corrected chi connectivity index (χ0v) is 9.35. The highest BCUT2D eigenvalue weighted by Crippen LogP contribution is 2.26. The topological polar surface area (TPSA) is 28.7 Å². The van der Waals surface area contributed by atoms with E-state index in [2.05, 4.69) is 34.7 Å². The van der Waals surface area contributed by atoms with Crippen molar-refractivity contribution in [2.24, 2.45) is 0 Å². The first-order valence-electron chi connectivity index (χ1n) is 5.55. The summed E-state index contributed by atoms with van der Waals surface area (Å²) < 4.78 is 0. The molecule has 0 fully saturated rings. The molecule has 2 nitrogen and oxygen atoms in total. The van der Waals surface area contributed by atoms with Crippen molar-refractivity contribution >= 4 is 17.1 Å². The van der Waals surface area contributed by atoms with Crippen molar-refractivity contribution in [3.8, 4) is 11.1 Å². The van der Waals surface area contributed by atoms with Crippen molar-refractivity contribution in [2.45, 2.75) is 0 Å². The monoisotopic (exact) mass is 220 g/mol. The van der Waals surface area contributed by atoms with Crippen LogP contribution in [0.15, 0.2) is 55.1 Å². The summed E-state index contributed by atoms with van der Waals surface area (Å²) in [6.07, 6.45) is 1.73. The summed E-state index contributed by atoms with van der Waals surface area (Å²) in [4.78, 5) is 7.76. The summed E-state index contributed by atoms with van der Waals surface area (Å²) >= 11 is 0. The van der Waals surface area contributed by atoms with Crippen LogP contribution in [0.5, 0.6) is 0 Å². The Morgan fingerprint density at radius 3 is 2.59 bits per heavy atom. The molecule has 0 saturated heterocycles. The number of rotatable bonds is 2. The van der Waals surface area contributed by atoms with Gasteiger partial charge in [0.05, 0.1) is 11.0 Å². The van der Waals surface area contributed by atoms with Gasteiger partial charge in [-0.3, -0.25) is 0 Å². The highest BCUT2D eigenvalue weighted by Gasteiger charge is 2.06. The van der Waals surface area contributed by atoms with E-state index in [1.165, 1.54) is 5.56 Å². The molecule has 0 bridgehead atoms. The van der Waals surface area contributed by atoms with Gasteiger partial charge in [-0.1, -0.05) is 49.0 Å². The number of hydrogen-bond donors (Lipinski definition) is 1. The van der Waals surface area contributed by atoms with Gasteiger partial charge in [-0.25, -0.2) is 4.98 Å². The minimum absolute atomic E-state index is 0.809. The molecular weight excluding hydrogens is 208 g/mol. The van der Waals surface area contributed by atoms with Gasteiger partial charge in [0.2, 0.25) is 0 Å². The molecule has 2 aromatic carbocycles. The quantitative estimate of drug-likeness (QED) is 0.697. The zero-order valence-electron chi connectivity index (χ0n) is 9.35. The van der Waals surface area contributed by atoms with Crippen LogP contribution in [-0.4, -0.2) is 9.97 Å². The number of fused-ring (bicyclic) bond motifs is 1. The Kier molecular flexibility index (Phi) is 2.26. The average molecular weight is 220 g/mol. The van der Waals surface area contributed by atoms with Crippen LogP contribution in [0.3, 0.4) is 0 Å². The maximum Gasteiger partial charge on any atom is 0.130 e. The number of para-hydroxylation sites is 1. The molecule has 0 aliphatic rings. The lowest BCUT2D eigenvalue weighted by Gasteiger charge is -2.01. The summed E-state index contributed by atoms with van der Waals surface area (Å²) in [5.74, 6) is 0.809. The van der Waals surface area contributed by atoms with Crippen molar-refractivity contribution in [3.63, 3.8) is 0 Å². The number of benzene rings is 2. The second-order valence-electron chi connectivity index (χ2n) is 3.89. The van der Waals surface area contributed by atoms with E-state index in [0.717, 1.165) is 22.4 Å². The van der Waals surface area contributed by atoms with Crippen molar-refractivity contribution in [3.05, 3.63) is 60.9 Å². The lowest BCUT2D eigenvalue weighted by Crippen LogP contribution is -1.79. The molecule has 1 heterocycles. The Balaban J connectivity index is 2.29.